The maximum atomic E-state index is 12.3. The molecular weight excluding hydrogens is 288 g/mol. The summed E-state index contributed by atoms with van der Waals surface area (Å²) in [5.41, 5.74) is 2.04. The Labute approximate surface area is 139 Å². The van der Waals surface area contributed by atoms with Crippen LogP contribution in [0.25, 0.3) is 0 Å². The molecule has 0 aromatic heterocycles. The molecule has 1 N–H and O–H groups in total. The van der Waals surface area contributed by atoms with Gasteiger partial charge >= 0.3 is 0 Å². The number of methoxy groups -OCH3 is 1. The van der Waals surface area contributed by atoms with Crippen molar-refractivity contribution in [3.63, 3.8) is 0 Å². The standard InChI is InChI=1S/C19H28N2O2/c1-3-8-19(9-12-21-10-4-5-11-21)14-20-18(22)16-7-6-15(23-2)13-17(16)19/h6-7,13H,3-5,8-12,14H2,1-2H3,(H,20,22). The highest BCUT2D eigenvalue weighted by Gasteiger charge is 2.39. The molecule has 2 aliphatic rings. The summed E-state index contributed by atoms with van der Waals surface area (Å²) in [6.45, 7) is 6.53. The van der Waals surface area contributed by atoms with E-state index in [1.165, 1.54) is 31.5 Å². The van der Waals surface area contributed by atoms with Crippen LogP contribution in [-0.2, 0) is 5.41 Å². The van der Waals surface area contributed by atoms with E-state index < -0.39 is 0 Å². The highest BCUT2D eigenvalue weighted by molar-refractivity contribution is 5.97. The average Bonchev–Trinajstić information content (AvgIpc) is 3.10. The Morgan fingerprint density at radius 2 is 2.04 bits per heavy atom. The number of likely N-dealkylation sites (tertiary alicyclic amines) is 1. The molecule has 1 atom stereocenters. The molecule has 4 heteroatoms. The lowest BCUT2D eigenvalue weighted by Gasteiger charge is -2.40. The fraction of sp³-hybridized carbons (Fsp3) is 0.632. The van der Waals surface area contributed by atoms with E-state index in [1.54, 1.807) is 7.11 Å². The van der Waals surface area contributed by atoms with Gasteiger partial charge in [-0.25, -0.2) is 0 Å². The fourth-order valence-electron chi connectivity index (χ4n) is 4.16. The molecule has 2 heterocycles. The van der Waals surface area contributed by atoms with Gasteiger partial charge in [0.1, 0.15) is 5.75 Å². The van der Waals surface area contributed by atoms with E-state index in [2.05, 4.69) is 23.2 Å². The Morgan fingerprint density at radius 1 is 1.26 bits per heavy atom. The first-order chi connectivity index (χ1) is 11.2. The zero-order chi connectivity index (χ0) is 16.3. The van der Waals surface area contributed by atoms with Crippen LogP contribution in [0.3, 0.4) is 0 Å². The van der Waals surface area contributed by atoms with Crippen molar-refractivity contribution in [2.45, 2.75) is 44.4 Å². The third-order valence-electron chi connectivity index (χ3n) is 5.46. The number of nitrogens with one attached hydrogen (secondary N) is 1. The molecule has 3 rings (SSSR count). The second kappa shape index (κ2) is 6.91. The first-order valence-corrected chi connectivity index (χ1v) is 8.87. The van der Waals surface area contributed by atoms with Crippen molar-refractivity contribution in [2.75, 3.05) is 33.3 Å². The van der Waals surface area contributed by atoms with E-state index in [0.717, 1.165) is 43.7 Å². The van der Waals surface area contributed by atoms with Crippen LogP contribution in [0.2, 0.25) is 0 Å². The summed E-state index contributed by atoms with van der Waals surface area (Å²) >= 11 is 0. The molecule has 1 aromatic carbocycles. The number of rotatable bonds is 6. The van der Waals surface area contributed by atoms with Gasteiger partial charge in [0.15, 0.2) is 0 Å². The highest BCUT2D eigenvalue weighted by Crippen LogP contribution is 2.39. The Balaban J connectivity index is 1.92. The van der Waals surface area contributed by atoms with Crippen LogP contribution < -0.4 is 10.1 Å². The van der Waals surface area contributed by atoms with Gasteiger partial charge in [0.2, 0.25) is 0 Å². The number of hydrogen-bond acceptors (Lipinski definition) is 3. The number of carbonyl (C=O) groups excluding carboxylic acids is 1. The minimum absolute atomic E-state index is 0.0368. The molecule has 126 valence electrons. The predicted molar refractivity (Wildman–Crippen MR) is 92.2 cm³/mol. The quantitative estimate of drug-likeness (QED) is 0.877. The van der Waals surface area contributed by atoms with Gasteiger partial charge in [-0.05, 0) is 69.1 Å². The van der Waals surface area contributed by atoms with Crippen LogP contribution in [0.4, 0.5) is 0 Å². The van der Waals surface area contributed by atoms with Crippen LogP contribution in [0.5, 0.6) is 5.75 Å². The van der Waals surface area contributed by atoms with Gasteiger partial charge in [0.05, 0.1) is 7.11 Å². The van der Waals surface area contributed by atoms with Crippen molar-refractivity contribution < 1.29 is 9.53 Å². The van der Waals surface area contributed by atoms with Crippen LogP contribution in [-0.4, -0.2) is 44.1 Å². The molecule has 0 spiro atoms. The lowest BCUT2D eigenvalue weighted by molar-refractivity contribution is 0.0915. The number of carbonyl (C=O) groups is 1. The summed E-state index contributed by atoms with van der Waals surface area (Å²) in [5.74, 6) is 0.899. The molecule has 1 unspecified atom stereocenters. The van der Waals surface area contributed by atoms with Crippen molar-refractivity contribution >= 4 is 5.91 Å². The van der Waals surface area contributed by atoms with Crippen molar-refractivity contribution in [2.24, 2.45) is 0 Å². The van der Waals surface area contributed by atoms with Gasteiger partial charge < -0.3 is 15.0 Å². The van der Waals surface area contributed by atoms with Gasteiger partial charge in [-0.3, -0.25) is 4.79 Å². The van der Waals surface area contributed by atoms with Gasteiger partial charge in [-0.15, -0.1) is 0 Å². The number of ether oxygens (including phenoxy) is 1. The number of nitrogens with zero attached hydrogens (tertiary/aromatic N) is 1. The summed E-state index contributed by atoms with van der Waals surface area (Å²) in [6.07, 6.45) is 5.96. The lowest BCUT2D eigenvalue weighted by Crippen LogP contribution is -2.48. The summed E-state index contributed by atoms with van der Waals surface area (Å²) < 4.78 is 5.42. The molecule has 4 nitrogen and oxygen atoms in total. The monoisotopic (exact) mass is 316 g/mol. The van der Waals surface area contributed by atoms with Gasteiger partial charge in [-0.2, -0.15) is 0 Å². The van der Waals surface area contributed by atoms with Crippen LogP contribution in [0, 0.1) is 0 Å². The van der Waals surface area contributed by atoms with Crippen molar-refractivity contribution in [1.29, 1.82) is 0 Å². The normalized spacial score (nSPS) is 24.3. The minimum Gasteiger partial charge on any atom is -0.497 e. The maximum absolute atomic E-state index is 12.3. The lowest BCUT2D eigenvalue weighted by atomic mass is 9.70. The fourth-order valence-corrected chi connectivity index (χ4v) is 4.16. The second-order valence-corrected chi connectivity index (χ2v) is 6.92. The average molecular weight is 316 g/mol. The minimum atomic E-state index is 0.0368. The molecular formula is C19H28N2O2. The topological polar surface area (TPSA) is 41.6 Å². The van der Waals surface area contributed by atoms with E-state index in [-0.39, 0.29) is 11.3 Å². The Kier molecular flexibility index (Phi) is 4.90. The van der Waals surface area contributed by atoms with Crippen molar-refractivity contribution in [3.8, 4) is 5.75 Å². The summed E-state index contributed by atoms with van der Waals surface area (Å²) in [6, 6.07) is 5.90. The van der Waals surface area contributed by atoms with Crippen LogP contribution in [0.1, 0.15) is 54.9 Å². The van der Waals surface area contributed by atoms with Crippen molar-refractivity contribution in [1.82, 2.24) is 10.2 Å². The number of amides is 1. The SMILES string of the molecule is CCCC1(CCN2CCCC2)CNC(=O)c2ccc(OC)cc21. The maximum Gasteiger partial charge on any atom is 0.251 e. The summed E-state index contributed by atoms with van der Waals surface area (Å²) in [5, 5.41) is 3.13. The van der Waals surface area contributed by atoms with E-state index >= 15 is 0 Å². The smallest absolute Gasteiger partial charge is 0.251 e. The van der Waals surface area contributed by atoms with E-state index in [9.17, 15) is 4.79 Å². The predicted octanol–water partition coefficient (Wildman–Crippen LogP) is 2.96. The first-order valence-electron chi connectivity index (χ1n) is 8.87. The molecule has 1 saturated heterocycles. The van der Waals surface area contributed by atoms with Crippen LogP contribution in [0.15, 0.2) is 18.2 Å². The van der Waals surface area contributed by atoms with Gasteiger partial charge in [0.25, 0.3) is 5.91 Å². The molecule has 1 fully saturated rings. The molecule has 1 amide bonds. The third-order valence-corrected chi connectivity index (χ3v) is 5.46. The van der Waals surface area contributed by atoms with Crippen LogP contribution >= 0.6 is 0 Å². The van der Waals surface area contributed by atoms with E-state index in [4.69, 9.17) is 4.74 Å². The first kappa shape index (κ1) is 16.3. The Hall–Kier alpha value is -1.55. The van der Waals surface area contributed by atoms with Gasteiger partial charge in [-0.1, -0.05) is 13.3 Å². The summed E-state index contributed by atoms with van der Waals surface area (Å²) in [4.78, 5) is 14.8. The Bertz CT molecular complexity index is 566. The number of fused-ring (bicyclic) bond motifs is 1. The summed E-state index contributed by atoms with van der Waals surface area (Å²) in [7, 11) is 1.69. The molecule has 2 aliphatic heterocycles. The highest BCUT2D eigenvalue weighted by atomic mass is 16.5. The van der Waals surface area contributed by atoms with E-state index in [1.807, 2.05) is 12.1 Å². The van der Waals surface area contributed by atoms with Gasteiger partial charge in [0, 0.05) is 17.5 Å². The largest absolute Gasteiger partial charge is 0.497 e. The van der Waals surface area contributed by atoms with E-state index in [0.29, 0.717) is 0 Å². The second-order valence-electron chi connectivity index (χ2n) is 6.92. The molecule has 0 saturated carbocycles. The molecule has 1 aromatic rings. The molecule has 0 aliphatic carbocycles. The molecule has 23 heavy (non-hydrogen) atoms. The Morgan fingerprint density at radius 3 is 2.74 bits per heavy atom. The zero-order valence-corrected chi connectivity index (χ0v) is 14.4. The van der Waals surface area contributed by atoms with Crippen molar-refractivity contribution in [3.05, 3.63) is 29.3 Å². The third kappa shape index (κ3) is 3.23. The molecule has 0 radical (unpaired) electrons. The number of benzene rings is 1. The molecule has 0 bridgehead atoms. The zero-order valence-electron chi connectivity index (χ0n) is 14.4. The number of hydrogen-bond donors (Lipinski definition) is 1.